The van der Waals surface area contributed by atoms with Crippen molar-refractivity contribution in [1.29, 1.82) is 0 Å². The van der Waals surface area contributed by atoms with Gasteiger partial charge in [0.2, 0.25) is 0 Å². The first-order valence-corrected chi connectivity index (χ1v) is 7.61. The molecule has 0 spiro atoms. The van der Waals surface area contributed by atoms with Crippen molar-refractivity contribution in [3.05, 3.63) is 59.7 Å². The summed E-state index contributed by atoms with van der Waals surface area (Å²) in [6, 6.07) is 15.2. The molecule has 110 valence electrons. The Bertz CT molecular complexity index is 599. The van der Waals surface area contributed by atoms with E-state index in [4.69, 9.17) is 10.6 Å². The molecule has 0 saturated heterocycles. The van der Waals surface area contributed by atoms with E-state index in [0.29, 0.717) is 12.2 Å². The zero-order chi connectivity index (χ0) is 15.1. The second-order valence-corrected chi connectivity index (χ2v) is 5.60. The SMILES string of the molecule is Cc1ccccc1SCCOc1ccc(C(=O)NN)cc1. The van der Waals surface area contributed by atoms with Gasteiger partial charge in [0.05, 0.1) is 6.61 Å². The van der Waals surface area contributed by atoms with Crippen molar-refractivity contribution >= 4 is 17.7 Å². The standard InChI is InChI=1S/C16H18N2O2S/c1-12-4-2-3-5-15(12)21-11-10-20-14-8-6-13(7-9-14)16(19)18-17/h2-9H,10-11,17H2,1H3,(H,18,19). The summed E-state index contributed by atoms with van der Waals surface area (Å²) in [5, 5.41) is 0. The van der Waals surface area contributed by atoms with Gasteiger partial charge >= 0.3 is 0 Å². The molecule has 0 unspecified atom stereocenters. The van der Waals surface area contributed by atoms with Crippen LogP contribution >= 0.6 is 11.8 Å². The minimum absolute atomic E-state index is 0.309. The van der Waals surface area contributed by atoms with Gasteiger partial charge in [-0.2, -0.15) is 0 Å². The van der Waals surface area contributed by atoms with E-state index in [9.17, 15) is 4.79 Å². The van der Waals surface area contributed by atoms with E-state index in [0.717, 1.165) is 11.5 Å². The summed E-state index contributed by atoms with van der Waals surface area (Å²) in [7, 11) is 0. The summed E-state index contributed by atoms with van der Waals surface area (Å²) in [6.07, 6.45) is 0. The third-order valence-corrected chi connectivity index (χ3v) is 4.09. The smallest absolute Gasteiger partial charge is 0.265 e. The van der Waals surface area contributed by atoms with E-state index in [1.54, 1.807) is 36.0 Å². The van der Waals surface area contributed by atoms with Crippen molar-refractivity contribution < 1.29 is 9.53 Å². The lowest BCUT2D eigenvalue weighted by molar-refractivity contribution is 0.0953. The van der Waals surface area contributed by atoms with Crippen molar-refractivity contribution in [2.45, 2.75) is 11.8 Å². The number of hydrogen-bond donors (Lipinski definition) is 2. The summed E-state index contributed by atoms with van der Waals surface area (Å²) in [4.78, 5) is 12.6. The monoisotopic (exact) mass is 302 g/mol. The second-order valence-electron chi connectivity index (χ2n) is 4.46. The number of nitrogens with one attached hydrogen (secondary N) is 1. The van der Waals surface area contributed by atoms with Crippen molar-refractivity contribution in [2.24, 2.45) is 5.84 Å². The molecule has 3 N–H and O–H groups in total. The van der Waals surface area contributed by atoms with Crippen LogP contribution < -0.4 is 16.0 Å². The van der Waals surface area contributed by atoms with Crippen LogP contribution in [-0.2, 0) is 0 Å². The fraction of sp³-hybridized carbons (Fsp3) is 0.188. The molecule has 0 aliphatic carbocycles. The molecule has 1 amide bonds. The summed E-state index contributed by atoms with van der Waals surface area (Å²) in [5.41, 5.74) is 3.88. The summed E-state index contributed by atoms with van der Waals surface area (Å²) in [5.74, 6) is 6.38. The first-order chi connectivity index (χ1) is 10.2. The average Bonchev–Trinajstić information content (AvgIpc) is 2.53. The number of amides is 1. The van der Waals surface area contributed by atoms with Gasteiger partial charge < -0.3 is 4.74 Å². The molecule has 21 heavy (non-hydrogen) atoms. The third kappa shape index (κ3) is 4.51. The highest BCUT2D eigenvalue weighted by Crippen LogP contribution is 2.21. The van der Waals surface area contributed by atoms with Crippen LogP contribution in [0.5, 0.6) is 5.75 Å². The zero-order valence-corrected chi connectivity index (χ0v) is 12.7. The number of benzene rings is 2. The van der Waals surface area contributed by atoms with Gasteiger partial charge in [0.15, 0.2) is 0 Å². The molecule has 0 radical (unpaired) electrons. The Labute approximate surface area is 128 Å². The van der Waals surface area contributed by atoms with E-state index in [2.05, 4.69) is 24.5 Å². The third-order valence-electron chi connectivity index (χ3n) is 2.95. The maximum Gasteiger partial charge on any atom is 0.265 e. The highest BCUT2D eigenvalue weighted by atomic mass is 32.2. The Morgan fingerprint density at radius 2 is 1.90 bits per heavy atom. The number of hydrazine groups is 1. The molecule has 4 nitrogen and oxygen atoms in total. The fourth-order valence-corrected chi connectivity index (χ4v) is 2.67. The molecular formula is C16H18N2O2S. The lowest BCUT2D eigenvalue weighted by atomic mass is 10.2. The van der Waals surface area contributed by atoms with Gasteiger partial charge in [-0.1, -0.05) is 18.2 Å². The first kappa shape index (κ1) is 15.4. The highest BCUT2D eigenvalue weighted by Gasteiger charge is 2.03. The fourth-order valence-electron chi connectivity index (χ4n) is 1.82. The molecule has 0 bridgehead atoms. The number of hydrogen-bond acceptors (Lipinski definition) is 4. The van der Waals surface area contributed by atoms with Crippen LogP contribution in [-0.4, -0.2) is 18.3 Å². The van der Waals surface area contributed by atoms with Crippen LogP contribution in [0.3, 0.4) is 0 Å². The van der Waals surface area contributed by atoms with Crippen LogP contribution in [0.4, 0.5) is 0 Å². The predicted octanol–water partition coefficient (Wildman–Crippen LogP) is 2.77. The Kier molecular flexibility index (Phi) is 5.66. The molecule has 0 saturated carbocycles. The Balaban J connectivity index is 1.79. The van der Waals surface area contributed by atoms with Crippen LogP contribution in [0.25, 0.3) is 0 Å². The number of ether oxygens (including phenoxy) is 1. The van der Waals surface area contributed by atoms with Gasteiger partial charge in [0.25, 0.3) is 5.91 Å². The Hall–Kier alpha value is -1.98. The van der Waals surface area contributed by atoms with Gasteiger partial charge in [-0.3, -0.25) is 10.2 Å². The number of thioether (sulfide) groups is 1. The van der Waals surface area contributed by atoms with Gasteiger partial charge in [0.1, 0.15) is 5.75 Å². The maximum atomic E-state index is 11.3. The lowest BCUT2D eigenvalue weighted by Crippen LogP contribution is -2.29. The number of nitrogen functional groups attached to an aromatic ring is 1. The zero-order valence-electron chi connectivity index (χ0n) is 11.8. The van der Waals surface area contributed by atoms with Gasteiger partial charge in [-0.05, 0) is 42.8 Å². The van der Waals surface area contributed by atoms with Gasteiger partial charge in [-0.15, -0.1) is 11.8 Å². The van der Waals surface area contributed by atoms with Crippen LogP contribution in [0.2, 0.25) is 0 Å². The Morgan fingerprint density at radius 1 is 1.19 bits per heavy atom. The molecule has 0 fully saturated rings. The van der Waals surface area contributed by atoms with E-state index < -0.39 is 0 Å². The van der Waals surface area contributed by atoms with E-state index >= 15 is 0 Å². The normalized spacial score (nSPS) is 10.2. The predicted molar refractivity (Wildman–Crippen MR) is 85.5 cm³/mol. The van der Waals surface area contributed by atoms with E-state index in [1.807, 2.05) is 12.1 Å². The average molecular weight is 302 g/mol. The number of rotatable bonds is 6. The van der Waals surface area contributed by atoms with E-state index in [1.165, 1.54) is 10.5 Å². The first-order valence-electron chi connectivity index (χ1n) is 6.63. The quantitative estimate of drug-likeness (QED) is 0.283. The van der Waals surface area contributed by atoms with Crippen LogP contribution in [0.15, 0.2) is 53.4 Å². The number of nitrogens with two attached hydrogens (primary N) is 1. The topological polar surface area (TPSA) is 64.3 Å². The van der Waals surface area contributed by atoms with Crippen molar-refractivity contribution in [3.8, 4) is 5.75 Å². The molecule has 0 aliphatic heterocycles. The van der Waals surface area contributed by atoms with E-state index in [-0.39, 0.29) is 5.91 Å². The maximum absolute atomic E-state index is 11.3. The van der Waals surface area contributed by atoms with Crippen molar-refractivity contribution in [3.63, 3.8) is 0 Å². The number of aryl methyl sites for hydroxylation is 1. The van der Waals surface area contributed by atoms with Crippen molar-refractivity contribution in [2.75, 3.05) is 12.4 Å². The number of carbonyl (C=O) groups is 1. The van der Waals surface area contributed by atoms with Gasteiger partial charge in [-0.25, -0.2) is 5.84 Å². The molecule has 0 aromatic heterocycles. The highest BCUT2D eigenvalue weighted by molar-refractivity contribution is 7.99. The molecule has 5 heteroatoms. The Morgan fingerprint density at radius 3 is 2.57 bits per heavy atom. The summed E-state index contributed by atoms with van der Waals surface area (Å²) >= 11 is 1.77. The molecule has 2 aromatic rings. The largest absolute Gasteiger partial charge is 0.493 e. The second kappa shape index (κ2) is 7.71. The number of carbonyl (C=O) groups excluding carboxylic acids is 1. The summed E-state index contributed by atoms with van der Waals surface area (Å²) < 4.78 is 5.65. The molecule has 0 aliphatic rings. The molecule has 0 heterocycles. The minimum atomic E-state index is -0.309. The molecular weight excluding hydrogens is 284 g/mol. The molecule has 2 rings (SSSR count). The lowest BCUT2D eigenvalue weighted by Gasteiger charge is -2.08. The minimum Gasteiger partial charge on any atom is -0.493 e. The molecule has 0 atom stereocenters. The van der Waals surface area contributed by atoms with Gasteiger partial charge in [0, 0.05) is 16.2 Å². The van der Waals surface area contributed by atoms with Crippen LogP contribution in [0.1, 0.15) is 15.9 Å². The molecule has 2 aromatic carbocycles. The van der Waals surface area contributed by atoms with Crippen molar-refractivity contribution in [1.82, 2.24) is 5.43 Å². The van der Waals surface area contributed by atoms with Crippen LogP contribution in [0, 0.1) is 6.92 Å². The summed E-state index contributed by atoms with van der Waals surface area (Å²) in [6.45, 7) is 2.71.